The molecule has 94 valence electrons. The van der Waals surface area contributed by atoms with Gasteiger partial charge in [-0.2, -0.15) is 0 Å². The van der Waals surface area contributed by atoms with E-state index < -0.39 is 0 Å². The predicted octanol–water partition coefficient (Wildman–Crippen LogP) is 2.15. The lowest BCUT2D eigenvalue weighted by Crippen LogP contribution is -2.43. The highest BCUT2D eigenvalue weighted by Crippen LogP contribution is 2.23. The molecule has 17 heavy (non-hydrogen) atoms. The fourth-order valence-electron chi connectivity index (χ4n) is 2.43. The second kappa shape index (κ2) is 5.04. The third-order valence-electron chi connectivity index (χ3n) is 3.38. The summed E-state index contributed by atoms with van der Waals surface area (Å²) in [5, 5.41) is 0. The molecule has 4 nitrogen and oxygen atoms in total. The molecule has 0 spiro atoms. The van der Waals surface area contributed by atoms with Crippen LogP contribution in [-0.2, 0) is 0 Å². The van der Waals surface area contributed by atoms with Crippen LogP contribution in [0.2, 0.25) is 0 Å². The zero-order chi connectivity index (χ0) is 12.4. The van der Waals surface area contributed by atoms with Gasteiger partial charge in [0.05, 0.1) is 0 Å². The molecule has 1 aliphatic heterocycles. The van der Waals surface area contributed by atoms with E-state index >= 15 is 0 Å². The normalized spacial score (nSPS) is 20.6. The molecule has 0 bridgehead atoms. The molecule has 5 heteroatoms. The molecule has 0 aromatic carbocycles. The smallest absolute Gasteiger partial charge is 0.305 e. The van der Waals surface area contributed by atoms with Gasteiger partial charge in [0, 0.05) is 18.3 Å². The molecule has 1 aliphatic rings. The first kappa shape index (κ1) is 12.4. The highest BCUT2D eigenvalue weighted by molar-refractivity contribution is 7.11. The quantitative estimate of drug-likeness (QED) is 0.879. The van der Waals surface area contributed by atoms with Crippen molar-refractivity contribution in [3.05, 3.63) is 20.2 Å². The molecule has 2 heterocycles. The summed E-state index contributed by atoms with van der Waals surface area (Å²) >= 11 is 1.03. The van der Waals surface area contributed by atoms with Gasteiger partial charge in [-0.05, 0) is 32.6 Å². The van der Waals surface area contributed by atoms with Gasteiger partial charge >= 0.3 is 4.87 Å². The molecule has 0 radical (unpaired) electrons. The Morgan fingerprint density at radius 1 is 1.53 bits per heavy atom. The van der Waals surface area contributed by atoms with Gasteiger partial charge in [-0.15, -0.1) is 0 Å². The number of carbonyl (C=O) groups is 1. The van der Waals surface area contributed by atoms with Crippen molar-refractivity contribution >= 4 is 17.2 Å². The SMILES string of the molecule is CCC1CCCCN1C(=O)c1sc(=O)[nH]c1C. The fourth-order valence-corrected chi connectivity index (χ4v) is 3.23. The summed E-state index contributed by atoms with van der Waals surface area (Å²) in [5.74, 6) is 0.0254. The lowest BCUT2D eigenvalue weighted by atomic mass is 10.00. The Morgan fingerprint density at radius 3 is 2.88 bits per heavy atom. The van der Waals surface area contributed by atoms with Crippen LogP contribution in [0.25, 0.3) is 0 Å². The van der Waals surface area contributed by atoms with Gasteiger partial charge in [-0.1, -0.05) is 18.3 Å². The van der Waals surface area contributed by atoms with Gasteiger partial charge in [-0.3, -0.25) is 9.59 Å². The van der Waals surface area contributed by atoms with Crippen LogP contribution in [0.4, 0.5) is 0 Å². The standard InChI is InChI=1S/C12H18N2O2S/c1-3-9-6-4-5-7-14(9)11(15)10-8(2)13-12(16)17-10/h9H,3-7H2,1-2H3,(H,13,16). The number of nitrogens with zero attached hydrogens (tertiary/aromatic N) is 1. The summed E-state index contributed by atoms with van der Waals surface area (Å²) in [6, 6.07) is 0.341. The Kier molecular flexibility index (Phi) is 3.66. The number of hydrogen-bond donors (Lipinski definition) is 1. The zero-order valence-electron chi connectivity index (χ0n) is 10.3. The first-order valence-electron chi connectivity index (χ1n) is 6.14. The van der Waals surface area contributed by atoms with Crippen molar-refractivity contribution in [3.63, 3.8) is 0 Å². The Morgan fingerprint density at radius 2 is 2.29 bits per heavy atom. The monoisotopic (exact) mass is 254 g/mol. The largest absolute Gasteiger partial charge is 0.335 e. The third-order valence-corrected chi connectivity index (χ3v) is 4.35. The minimum absolute atomic E-state index is 0.0254. The Balaban J connectivity index is 2.24. The lowest BCUT2D eigenvalue weighted by Gasteiger charge is -2.35. The Bertz CT molecular complexity index is 463. The van der Waals surface area contributed by atoms with E-state index in [1.807, 2.05) is 4.90 Å². The summed E-state index contributed by atoms with van der Waals surface area (Å²) in [5.41, 5.74) is 0.699. The van der Waals surface area contributed by atoms with E-state index in [2.05, 4.69) is 11.9 Å². The molecule has 1 aromatic heterocycles. The molecule has 0 aliphatic carbocycles. The van der Waals surface area contributed by atoms with Gasteiger partial charge in [-0.25, -0.2) is 0 Å². The number of thiazole rings is 1. The number of H-pyrrole nitrogens is 1. The summed E-state index contributed by atoms with van der Waals surface area (Å²) in [6.07, 6.45) is 4.34. The van der Waals surface area contributed by atoms with Crippen molar-refractivity contribution in [2.75, 3.05) is 6.54 Å². The van der Waals surface area contributed by atoms with Crippen LogP contribution in [0.5, 0.6) is 0 Å². The zero-order valence-corrected chi connectivity index (χ0v) is 11.1. The van der Waals surface area contributed by atoms with Crippen molar-refractivity contribution in [3.8, 4) is 0 Å². The first-order chi connectivity index (χ1) is 8.13. The highest BCUT2D eigenvalue weighted by atomic mass is 32.1. The van der Waals surface area contributed by atoms with Crippen LogP contribution in [0.3, 0.4) is 0 Å². The number of aryl methyl sites for hydroxylation is 1. The van der Waals surface area contributed by atoms with Gasteiger partial charge < -0.3 is 9.88 Å². The van der Waals surface area contributed by atoms with Gasteiger partial charge in [0.15, 0.2) is 0 Å². The molecular formula is C12H18N2O2S. The van der Waals surface area contributed by atoms with E-state index in [9.17, 15) is 9.59 Å². The number of amides is 1. The van der Waals surface area contributed by atoms with Crippen LogP contribution in [0.1, 0.15) is 48.0 Å². The van der Waals surface area contributed by atoms with Crippen LogP contribution in [0, 0.1) is 6.92 Å². The average molecular weight is 254 g/mol. The van der Waals surface area contributed by atoms with Crippen molar-refractivity contribution in [2.45, 2.75) is 45.6 Å². The maximum atomic E-state index is 12.4. The van der Waals surface area contributed by atoms with Crippen molar-refractivity contribution < 1.29 is 4.79 Å². The van der Waals surface area contributed by atoms with E-state index in [4.69, 9.17) is 0 Å². The van der Waals surface area contributed by atoms with Crippen molar-refractivity contribution in [2.24, 2.45) is 0 Å². The van der Waals surface area contributed by atoms with E-state index in [0.717, 1.165) is 37.1 Å². The van der Waals surface area contributed by atoms with Crippen molar-refractivity contribution in [1.29, 1.82) is 0 Å². The van der Waals surface area contributed by atoms with Crippen LogP contribution in [0.15, 0.2) is 4.79 Å². The van der Waals surface area contributed by atoms with Gasteiger partial charge in [0.25, 0.3) is 5.91 Å². The average Bonchev–Trinajstić information content (AvgIpc) is 2.67. The number of carbonyl (C=O) groups excluding carboxylic acids is 1. The summed E-state index contributed by atoms with van der Waals surface area (Å²) < 4.78 is 0. The highest BCUT2D eigenvalue weighted by Gasteiger charge is 2.28. The van der Waals surface area contributed by atoms with Crippen molar-refractivity contribution in [1.82, 2.24) is 9.88 Å². The molecule has 0 saturated carbocycles. The fraction of sp³-hybridized carbons (Fsp3) is 0.667. The minimum Gasteiger partial charge on any atom is -0.335 e. The molecule has 2 rings (SSSR count). The Labute approximate surface area is 105 Å². The van der Waals surface area contributed by atoms with E-state index in [1.54, 1.807) is 6.92 Å². The topological polar surface area (TPSA) is 53.2 Å². The molecule has 1 atom stereocenters. The van der Waals surface area contributed by atoms with Crippen LogP contribution >= 0.6 is 11.3 Å². The number of nitrogens with one attached hydrogen (secondary N) is 1. The molecule has 1 aromatic rings. The molecule has 1 N–H and O–H groups in total. The molecule has 1 fully saturated rings. The summed E-state index contributed by atoms with van der Waals surface area (Å²) in [6.45, 7) is 4.72. The van der Waals surface area contributed by atoms with Gasteiger partial charge in [0.2, 0.25) is 0 Å². The van der Waals surface area contributed by atoms with Crippen LogP contribution in [-0.4, -0.2) is 28.4 Å². The summed E-state index contributed by atoms with van der Waals surface area (Å²) in [7, 11) is 0. The Hall–Kier alpha value is -1.10. The number of aromatic nitrogens is 1. The minimum atomic E-state index is -0.143. The van der Waals surface area contributed by atoms with E-state index in [1.165, 1.54) is 6.42 Å². The molecule has 1 saturated heterocycles. The second-order valence-electron chi connectivity index (χ2n) is 4.53. The number of hydrogen-bond acceptors (Lipinski definition) is 3. The molecule has 1 amide bonds. The number of likely N-dealkylation sites (tertiary alicyclic amines) is 1. The van der Waals surface area contributed by atoms with E-state index in [0.29, 0.717) is 16.6 Å². The number of rotatable bonds is 2. The lowest BCUT2D eigenvalue weighted by molar-refractivity contribution is 0.0612. The predicted molar refractivity (Wildman–Crippen MR) is 68.6 cm³/mol. The molecule has 1 unspecified atom stereocenters. The number of aromatic amines is 1. The first-order valence-corrected chi connectivity index (χ1v) is 6.95. The summed E-state index contributed by atoms with van der Waals surface area (Å²) in [4.78, 5) is 28.7. The second-order valence-corrected chi connectivity index (χ2v) is 5.51. The van der Waals surface area contributed by atoms with Gasteiger partial charge in [0.1, 0.15) is 4.88 Å². The van der Waals surface area contributed by atoms with E-state index in [-0.39, 0.29) is 10.8 Å². The third kappa shape index (κ3) is 2.44. The van der Waals surface area contributed by atoms with Crippen LogP contribution < -0.4 is 4.87 Å². The molecular weight excluding hydrogens is 236 g/mol. The maximum absolute atomic E-state index is 12.4. The number of piperidine rings is 1. The maximum Gasteiger partial charge on any atom is 0.305 e.